The number of aryl methyl sites for hydroxylation is 1. The van der Waals surface area contributed by atoms with Gasteiger partial charge in [-0.05, 0) is 48.1 Å². The van der Waals surface area contributed by atoms with Crippen LogP contribution in [0.1, 0.15) is 31.0 Å². The number of hydrogen-bond acceptors (Lipinski definition) is 2. The molecule has 0 aliphatic rings. The van der Waals surface area contributed by atoms with Gasteiger partial charge in [-0.15, -0.1) is 0 Å². The van der Waals surface area contributed by atoms with E-state index in [0.717, 1.165) is 22.9 Å². The Kier molecular flexibility index (Phi) is 4.47. The minimum atomic E-state index is -0.344. The summed E-state index contributed by atoms with van der Waals surface area (Å²) in [5.74, 6) is -0.217. The van der Waals surface area contributed by atoms with Crippen LogP contribution in [0.4, 0.5) is 0 Å². The molecule has 0 saturated heterocycles. The Morgan fingerprint density at radius 2 is 1.87 bits per heavy atom. The number of fused-ring (bicyclic) bond motifs is 1. The van der Waals surface area contributed by atoms with Crippen LogP contribution in [0.15, 0.2) is 60.8 Å². The summed E-state index contributed by atoms with van der Waals surface area (Å²) in [4.78, 5) is 12.3. The highest BCUT2D eigenvalue weighted by Crippen LogP contribution is 2.22. The highest BCUT2D eigenvalue weighted by atomic mass is 16.5. The van der Waals surface area contributed by atoms with Gasteiger partial charge in [0, 0.05) is 11.7 Å². The molecule has 23 heavy (non-hydrogen) atoms. The number of ether oxygens (including phenoxy) is 1. The van der Waals surface area contributed by atoms with Crippen LogP contribution in [-0.4, -0.2) is 10.5 Å². The zero-order valence-corrected chi connectivity index (χ0v) is 13.5. The molecule has 3 heteroatoms. The maximum absolute atomic E-state index is 12.3. The fourth-order valence-electron chi connectivity index (χ4n) is 2.73. The van der Waals surface area contributed by atoms with E-state index in [1.54, 1.807) is 0 Å². The van der Waals surface area contributed by atoms with E-state index in [9.17, 15) is 4.79 Å². The van der Waals surface area contributed by atoms with Crippen molar-refractivity contribution in [2.45, 2.75) is 32.9 Å². The van der Waals surface area contributed by atoms with Gasteiger partial charge in [-0.25, -0.2) is 4.79 Å². The molecular formula is C20H21NO2. The van der Waals surface area contributed by atoms with Crippen molar-refractivity contribution in [3.63, 3.8) is 0 Å². The Hall–Kier alpha value is -2.55. The summed E-state index contributed by atoms with van der Waals surface area (Å²) < 4.78 is 7.42. The molecule has 1 aromatic heterocycles. The summed E-state index contributed by atoms with van der Waals surface area (Å²) in [6, 6.07) is 17.8. The van der Waals surface area contributed by atoms with Crippen molar-refractivity contribution in [2.24, 2.45) is 0 Å². The third-order valence-corrected chi connectivity index (χ3v) is 4.18. The minimum absolute atomic E-state index is 0.217. The van der Waals surface area contributed by atoms with E-state index in [1.165, 1.54) is 5.56 Å². The second-order valence-corrected chi connectivity index (χ2v) is 5.74. The standard InChI is InChI=1S/C20H21NO2/c1-3-16-9-10-19-18(13-16)11-12-21(19)15(2)20(22)23-14-17-7-5-4-6-8-17/h4-13,15H,3,14H2,1-2H3. The van der Waals surface area contributed by atoms with Crippen LogP contribution in [0.3, 0.4) is 0 Å². The van der Waals surface area contributed by atoms with Gasteiger partial charge in [0.15, 0.2) is 0 Å². The SMILES string of the molecule is CCc1ccc2c(ccn2C(C)C(=O)OCc2ccccc2)c1. The van der Waals surface area contributed by atoms with Crippen LogP contribution < -0.4 is 0 Å². The molecule has 0 aliphatic heterocycles. The lowest BCUT2D eigenvalue weighted by atomic mass is 10.1. The van der Waals surface area contributed by atoms with Crippen LogP contribution in [0.5, 0.6) is 0 Å². The van der Waals surface area contributed by atoms with E-state index in [1.807, 2.05) is 48.0 Å². The van der Waals surface area contributed by atoms with E-state index in [2.05, 4.69) is 31.2 Å². The minimum Gasteiger partial charge on any atom is -0.459 e. The van der Waals surface area contributed by atoms with Gasteiger partial charge >= 0.3 is 5.97 Å². The first-order chi connectivity index (χ1) is 11.2. The maximum atomic E-state index is 12.3. The zero-order chi connectivity index (χ0) is 16.2. The van der Waals surface area contributed by atoms with E-state index < -0.39 is 0 Å². The Labute approximate surface area is 136 Å². The smallest absolute Gasteiger partial charge is 0.329 e. The number of nitrogens with zero attached hydrogens (tertiary/aromatic N) is 1. The van der Waals surface area contributed by atoms with Crippen molar-refractivity contribution in [3.05, 3.63) is 71.9 Å². The number of rotatable bonds is 5. The molecule has 3 nitrogen and oxygen atoms in total. The molecule has 1 unspecified atom stereocenters. The number of carbonyl (C=O) groups excluding carboxylic acids is 1. The Morgan fingerprint density at radius 1 is 1.09 bits per heavy atom. The van der Waals surface area contributed by atoms with Crippen molar-refractivity contribution >= 4 is 16.9 Å². The molecule has 0 aliphatic carbocycles. The summed E-state index contributed by atoms with van der Waals surface area (Å²) >= 11 is 0. The predicted octanol–water partition coefficient (Wildman–Crippen LogP) is 4.51. The van der Waals surface area contributed by atoms with Crippen LogP contribution in [0.2, 0.25) is 0 Å². The Morgan fingerprint density at radius 3 is 2.61 bits per heavy atom. The first-order valence-electron chi connectivity index (χ1n) is 7.99. The molecule has 2 aromatic carbocycles. The van der Waals surface area contributed by atoms with E-state index >= 15 is 0 Å². The van der Waals surface area contributed by atoms with Gasteiger partial charge < -0.3 is 9.30 Å². The average Bonchev–Trinajstić information content (AvgIpc) is 3.02. The Bertz CT molecular complexity index is 805. The molecule has 1 atom stereocenters. The molecule has 0 spiro atoms. The van der Waals surface area contributed by atoms with E-state index in [0.29, 0.717) is 6.61 Å². The largest absolute Gasteiger partial charge is 0.459 e. The third kappa shape index (κ3) is 3.29. The topological polar surface area (TPSA) is 31.2 Å². The first kappa shape index (κ1) is 15.3. The van der Waals surface area contributed by atoms with Crippen molar-refractivity contribution in [2.75, 3.05) is 0 Å². The van der Waals surface area contributed by atoms with Gasteiger partial charge in [0.1, 0.15) is 12.6 Å². The average molecular weight is 307 g/mol. The molecule has 0 saturated carbocycles. The first-order valence-corrected chi connectivity index (χ1v) is 7.99. The van der Waals surface area contributed by atoms with Crippen molar-refractivity contribution in [1.82, 2.24) is 4.57 Å². The number of benzene rings is 2. The molecule has 118 valence electrons. The lowest BCUT2D eigenvalue weighted by molar-refractivity contribution is -0.148. The molecule has 0 bridgehead atoms. The number of carbonyl (C=O) groups is 1. The molecule has 0 fully saturated rings. The molecule has 1 heterocycles. The van der Waals surface area contributed by atoms with Gasteiger partial charge in [0.25, 0.3) is 0 Å². The van der Waals surface area contributed by atoms with Crippen LogP contribution in [0, 0.1) is 0 Å². The second kappa shape index (κ2) is 6.69. The summed E-state index contributed by atoms with van der Waals surface area (Å²) in [5, 5.41) is 1.16. The lowest BCUT2D eigenvalue weighted by Crippen LogP contribution is -2.18. The number of esters is 1. The van der Waals surface area contributed by atoms with Crippen molar-refractivity contribution in [3.8, 4) is 0 Å². The normalized spacial score (nSPS) is 12.3. The zero-order valence-electron chi connectivity index (χ0n) is 13.5. The van der Waals surface area contributed by atoms with Gasteiger partial charge in [-0.1, -0.05) is 43.3 Å². The summed E-state index contributed by atoms with van der Waals surface area (Å²) in [6.45, 7) is 4.32. The summed E-state index contributed by atoms with van der Waals surface area (Å²) in [7, 11) is 0. The van der Waals surface area contributed by atoms with Gasteiger partial charge in [0.05, 0.1) is 0 Å². The molecule has 0 radical (unpaired) electrons. The predicted molar refractivity (Wildman–Crippen MR) is 92.3 cm³/mol. The number of aromatic nitrogens is 1. The highest BCUT2D eigenvalue weighted by Gasteiger charge is 2.18. The fraction of sp³-hybridized carbons (Fsp3) is 0.250. The van der Waals surface area contributed by atoms with Crippen LogP contribution in [-0.2, 0) is 22.6 Å². The molecule has 0 N–H and O–H groups in total. The monoisotopic (exact) mass is 307 g/mol. The molecule has 3 aromatic rings. The van der Waals surface area contributed by atoms with Gasteiger partial charge in [-0.3, -0.25) is 0 Å². The van der Waals surface area contributed by atoms with Crippen molar-refractivity contribution in [1.29, 1.82) is 0 Å². The molecule has 3 rings (SSSR count). The highest BCUT2D eigenvalue weighted by molar-refractivity contribution is 5.84. The maximum Gasteiger partial charge on any atom is 0.329 e. The van der Waals surface area contributed by atoms with Crippen LogP contribution >= 0.6 is 0 Å². The van der Waals surface area contributed by atoms with Gasteiger partial charge in [0.2, 0.25) is 0 Å². The van der Waals surface area contributed by atoms with E-state index in [4.69, 9.17) is 4.74 Å². The third-order valence-electron chi connectivity index (χ3n) is 4.18. The quantitative estimate of drug-likeness (QED) is 0.649. The van der Waals surface area contributed by atoms with E-state index in [-0.39, 0.29) is 12.0 Å². The van der Waals surface area contributed by atoms with Crippen molar-refractivity contribution < 1.29 is 9.53 Å². The number of hydrogen-bond donors (Lipinski definition) is 0. The van der Waals surface area contributed by atoms with Gasteiger partial charge in [-0.2, -0.15) is 0 Å². The molecular weight excluding hydrogens is 286 g/mol. The lowest BCUT2D eigenvalue weighted by Gasteiger charge is -2.15. The molecule has 0 amide bonds. The summed E-state index contributed by atoms with van der Waals surface area (Å²) in [5.41, 5.74) is 3.36. The second-order valence-electron chi connectivity index (χ2n) is 5.74. The van der Waals surface area contributed by atoms with Crippen LogP contribution in [0.25, 0.3) is 10.9 Å². The Balaban J connectivity index is 1.74. The summed E-state index contributed by atoms with van der Waals surface area (Å²) in [6.07, 6.45) is 2.97. The fourth-order valence-corrected chi connectivity index (χ4v) is 2.73.